The lowest BCUT2D eigenvalue weighted by atomic mass is 9.93. The summed E-state index contributed by atoms with van der Waals surface area (Å²) in [6.07, 6.45) is 2.13. The molecule has 1 unspecified atom stereocenters. The van der Waals surface area contributed by atoms with Gasteiger partial charge in [0.25, 0.3) is 5.79 Å². The van der Waals surface area contributed by atoms with Crippen molar-refractivity contribution in [2.24, 2.45) is 0 Å². The molecule has 146 valence electrons. The van der Waals surface area contributed by atoms with Crippen molar-refractivity contribution in [1.82, 2.24) is 4.98 Å². The summed E-state index contributed by atoms with van der Waals surface area (Å²) >= 11 is 12.6. The number of nitrogens with one attached hydrogen (secondary N) is 1. The largest absolute Gasteiger partial charge is 0.427 e. The lowest BCUT2D eigenvalue weighted by Crippen LogP contribution is -2.39. The third-order valence-corrected chi connectivity index (χ3v) is 5.65. The van der Waals surface area contributed by atoms with Gasteiger partial charge in [-0.3, -0.25) is 4.79 Å². The van der Waals surface area contributed by atoms with Gasteiger partial charge in [0.05, 0.1) is 12.3 Å². The van der Waals surface area contributed by atoms with Crippen LogP contribution in [0, 0.1) is 0 Å². The molecule has 1 aliphatic rings. The minimum atomic E-state index is -1.08. The number of fused-ring (bicyclic) bond motifs is 3. The maximum atomic E-state index is 11.8. The van der Waals surface area contributed by atoms with E-state index in [4.69, 9.17) is 32.7 Å². The Morgan fingerprint density at radius 1 is 1.25 bits per heavy atom. The number of H-pyrrole nitrogens is 1. The Morgan fingerprint density at radius 2 is 2.07 bits per heavy atom. The number of aromatic amines is 1. The highest BCUT2D eigenvalue weighted by molar-refractivity contribution is 6.36. The van der Waals surface area contributed by atoms with E-state index in [1.807, 2.05) is 37.3 Å². The van der Waals surface area contributed by atoms with E-state index in [2.05, 4.69) is 4.98 Å². The molecular weight excluding hydrogens is 397 g/mol. The molecule has 1 aromatic heterocycles. The van der Waals surface area contributed by atoms with Crippen LogP contribution < -0.4 is 0 Å². The van der Waals surface area contributed by atoms with Crippen LogP contribution in [0.25, 0.3) is 22.0 Å². The number of halogens is 2. The molecule has 1 atom stereocenters. The normalized spacial score (nSPS) is 18.9. The number of hydrogen-bond acceptors (Lipinski definition) is 3. The fourth-order valence-electron chi connectivity index (χ4n) is 4.10. The monoisotopic (exact) mass is 417 g/mol. The van der Waals surface area contributed by atoms with E-state index in [0.29, 0.717) is 23.1 Å². The van der Waals surface area contributed by atoms with Crippen molar-refractivity contribution in [3.8, 4) is 11.1 Å². The van der Waals surface area contributed by atoms with Gasteiger partial charge in [0.15, 0.2) is 0 Å². The molecule has 0 spiro atoms. The Balaban J connectivity index is 1.97. The number of carbonyl (C=O) groups is 1. The minimum Gasteiger partial charge on any atom is -0.427 e. The maximum absolute atomic E-state index is 11.8. The number of benzene rings is 2. The number of esters is 1. The van der Waals surface area contributed by atoms with Crippen molar-refractivity contribution in [3.63, 3.8) is 0 Å². The molecule has 0 bridgehead atoms. The number of ether oxygens (including phenoxy) is 2. The van der Waals surface area contributed by atoms with Crippen LogP contribution in [0.15, 0.2) is 36.4 Å². The molecule has 0 saturated heterocycles. The third kappa shape index (κ3) is 3.20. The fourth-order valence-corrected chi connectivity index (χ4v) is 4.61. The van der Waals surface area contributed by atoms with Crippen LogP contribution >= 0.6 is 23.2 Å². The van der Waals surface area contributed by atoms with Gasteiger partial charge in [-0.15, -0.1) is 0 Å². The van der Waals surface area contributed by atoms with Crippen LogP contribution in [0.2, 0.25) is 10.0 Å². The summed E-state index contributed by atoms with van der Waals surface area (Å²) < 4.78 is 11.8. The smallest absolute Gasteiger partial charge is 0.305 e. The van der Waals surface area contributed by atoms with Crippen molar-refractivity contribution in [2.45, 2.75) is 38.9 Å². The first-order chi connectivity index (χ1) is 13.4. The second-order valence-corrected chi connectivity index (χ2v) is 7.87. The molecule has 0 aliphatic carbocycles. The van der Waals surface area contributed by atoms with Gasteiger partial charge in [-0.05, 0) is 42.2 Å². The summed E-state index contributed by atoms with van der Waals surface area (Å²) in [5, 5.41) is 2.28. The van der Waals surface area contributed by atoms with Gasteiger partial charge in [0.2, 0.25) is 0 Å². The van der Waals surface area contributed by atoms with Crippen molar-refractivity contribution in [2.75, 3.05) is 6.61 Å². The maximum Gasteiger partial charge on any atom is 0.305 e. The van der Waals surface area contributed by atoms with Gasteiger partial charge in [0.1, 0.15) is 0 Å². The Bertz CT molecular complexity index is 1060. The first kappa shape index (κ1) is 19.3. The average molecular weight is 418 g/mol. The van der Waals surface area contributed by atoms with Crippen LogP contribution in [0.4, 0.5) is 0 Å². The molecule has 3 aromatic rings. The molecule has 0 fully saturated rings. The van der Waals surface area contributed by atoms with Crippen LogP contribution in [-0.2, 0) is 26.5 Å². The molecule has 0 amide bonds. The Kier molecular flexibility index (Phi) is 5.13. The summed E-state index contributed by atoms with van der Waals surface area (Å²) in [4.78, 5) is 15.3. The highest BCUT2D eigenvalue weighted by Gasteiger charge is 2.43. The van der Waals surface area contributed by atoms with E-state index >= 15 is 0 Å². The summed E-state index contributed by atoms with van der Waals surface area (Å²) in [5.74, 6) is -1.44. The molecule has 4 nitrogen and oxygen atoms in total. The van der Waals surface area contributed by atoms with Gasteiger partial charge in [0, 0.05) is 39.9 Å². The van der Waals surface area contributed by atoms with Crippen LogP contribution in [0.3, 0.4) is 0 Å². The molecule has 2 heterocycles. The first-order valence-electron chi connectivity index (χ1n) is 9.38. The van der Waals surface area contributed by atoms with Crippen molar-refractivity contribution in [3.05, 3.63) is 57.7 Å². The van der Waals surface area contributed by atoms with E-state index in [1.54, 1.807) is 6.07 Å². The number of rotatable bonds is 4. The number of hydrogen-bond donors (Lipinski definition) is 1. The lowest BCUT2D eigenvalue weighted by Gasteiger charge is -2.36. The van der Waals surface area contributed by atoms with Gasteiger partial charge in [-0.2, -0.15) is 0 Å². The zero-order valence-electron chi connectivity index (χ0n) is 15.8. The van der Waals surface area contributed by atoms with E-state index < -0.39 is 5.79 Å². The molecule has 4 rings (SSSR count). The Hall–Kier alpha value is -2.01. The second-order valence-electron chi connectivity index (χ2n) is 7.03. The summed E-state index contributed by atoms with van der Waals surface area (Å²) in [7, 11) is 0. The van der Waals surface area contributed by atoms with Gasteiger partial charge < -0.3 is 14.5 Å². The zero-order chi connectivity index (χ0) is 19.9. The topological polar surface area (TPSA) is 51.3 Å². The first-order valence-corrected chi connectivity index (χ1v) is 10.1. The van der Waals surface area contributed by atoms with Crippen LogP contribution in [-0.4, -0.2) is 17.6 Å². The SMILES string of the molecule is CCCC1(OC(C)=O)OCCc2c1[nH]c1cccc(-c3ccc(Cl)cc3Cl)c21. The predicted octanol–water partition coefficient (Wildman–Crippen LogP) is 6.23. The highest BCUT2D eigenvalue weighted by atomic mass is 35.5. The van der Waals surface area contributed by atoms with Gasteiger partial charge in [-0.25, -0.2) is 0 Å². The van der Waals surface area contributed by atoms with Crippen molar-refractivity contribution in [1.29, 1.82) is 0 Å². The standard InChI is InChI=1S/C22H21Cl2NO3/c1-3-10-22(28-13(2)26)21-17(9-11-27-22)20-16(5-4-6-19(20)25-21)15-8-7-14(23)12-18(15)24/h4-8,12,25H,3,9-11H2,1-2H3. The fraction of sp³-hybridized carbons (Fsp3) is 0.318. The van der Waals surface area contributed by atoms with E-state index in [0.717, 1.165) is 46.1 Å². The molecule has 0 saturated carbocycles. The van der Waals surface area contributed by atoms with E-state index in [-0.39, 0.29) is 5.97 Å². The molecular formula is C22H21Cl2NO3. The van der Waals surface area contributed by atoms with Crippen LogP contribution in [0.1, 0.15) is 37.9 Å². The number of carbonyl (C=O) groups excluding carboxylic acids is 1. The lowest BCUT2D eigenvalue weighted by molar-refractivity contribution is -0.247. The quantitative estimate of drug-likeness (QED) is 0.511. The van der Waals surface area contributed by atoms with Gasteiger partial charge >= 0.3 is 5.97 Å². The summed E-state index contributed by atoms with van der Waals surface area (Å²) in [6, 6.07) is 11.6. The van der Waals surface area contributed by atoms with Gasteiger partial charge in [-0.1, -0.05) is 48.3 Å². The number of aromatic nitrogens is 1. The minimum absolute atomic E-state index is 0.360. The molecule has 1 aliphatic heterocycles. The van der Waals surface area contributed by atoms with Crippen molar-refractivity contribution < 1.29 is 14.3 Å². The predicted molar refractivity (Wildman–Crippen MR) is 112 cm³/mol. The summed E-state index contributed by atoms with van der Waals surface area (Å²) in [5.41, 5.74) is 4.83. The molecule has 6 heteroatoms. The molecule has 0 radical (unpaired) electrons. The molecule has 1 N–H and O–H groups in total. The highest BCUT2D eigenvalue weighted by Crippen LogP contribution is 2.44. The Morgan fingerprint density at radius 3 is 2.79 bits per heavy atom. The average Bonchev–Trinajstić information content (AvgIpc) is 3.02. The zero-order valence-corrected chi connectivity index (χ0v) is 17.3. The van der Waals surface area contributed by atoms with Crippen LogP contribution in [0.5, 0.6) is 0 Å². The Labute approximate surface area is 173 Å². The van der Waals surface area contributed by atoms with Crippen molar-refractivity contribution >= 4 is 40.1 Å². The molecule has 28 heavy (non-hydrogen) atoms. The summed E-state index contributed by atoms with van der Waals surface area (Å²) in [6.45, 7) is 3.94. The van der Waals surface area contributed by atoms with E-state index in [1.165, 1.54) is 6.92 Å². The third-order valence-electron chi connectivity index (χ3n) is 5.10. The molecule has 2 aromatic carbocycles. The second kappa shape index (κ2) is 7.43. The van der Waals surface area contributed by atoms with E-state index in [9.17, 15) is 4.79 Å².